The fraction of sp³-hybridized carbons (Fsp3) is 0.362. The van der Waals surface area contributed by atoms with Crippen LogP contribution in [-0.2, 0) is 22.8 Å². The van der Waals surface area contributed by atoms with Crippen LogP contribution in [0.5, 0.6) is 0 Å². The summed E-state index contributed by atoms with van der Waals surface area (Å²) in [6, 6.07) is 31.5. The zero-order chi connectivity index (χ0) is 34.6. The molecule has 3 heterocycles. The lowest BCUT2D eigenvalue weighted by Crippen LogP contribution is -2.71. The van der Waals surface area contributed by atoms with Gasteiger partial charge in [-0.05, 0) is 77.4 Å². The topological polar surface area (TPSA) is 7.76 Å². The van der Waals surface area contributed by atoms with Gasteiger partial charge in [0.05, 0.1) is 16.3 Å². The molecule has 0 saturated heterocycles. The first kappa shape index (κ1) is 31.6. The highest BCUT2D eigenvalue weighted by Gasteiger charge is 2.73. The summed E-state index contributed by atoms with van der Waals surface area (Å²) in [6.07, 6.45) is 12.2. The van der Waals surface area contributed by atoms with Crippen molar-refractivity contribution in [3.05, 3.63) is 131 Å². The Balaban J connectivity index is 1.40. The van der Waals surface area contributed by atoms with E-state index in [1.165, 1.54) is 60.8 Å². The van der Waals surface area contributed by atoms with Gasteiger partial charge in [0.15, 0.2) is 24.0 Å². The van der Waals surface area contributed by atoms with Gasteiger partial charge in [-0.3, -0.25) is 0 Å². The van der Waals surface area contributed by atoms with E-state index >= 15 is 4.39 Å². The molecule has 1 aliphatic heterocycles. The number of fused-ring (bicyclic) bond motifs is 4. The number of aryl methyl sites for hydroxylation is 2. The molecule has 9 rings (SSSR count). The van der Waals surface area contributed by atoms with Crippen molar-refractivity contribution in [2.24, 2.45) is 0 Å². The van der Waals surface area contributed by atoms with Crippen LogP contribution in [-0.4, -0.2) is 0 Å². The van der Waals surface area contributed by atoms with Crippen LogP contribution in [0.25, 0.3) is 44.1 Å². The first-order valence-corrected chi connectivity index (χ1v) is 19.1. The molecule has 3 heteroatoms. The minimum atomic E-state index is -0.472. The molecule has 2 aromatic heterocycles. The van der Waals surface area contributed by atoms with E-state index < -0.39 is 5.41 Å². The van der Waals surface area contributed by atoms with Gasteiger partial charge in [-0.2, -0.15) is 9.13 Å². The van der Waals surface area contributed by atoms with E-state index in [4.69, 9.17) is 0 Å². The Morgan fingerprint density at radius 1 is 0.800 bits per heavy atom. The number of aromatic nitrogens is 2. The van der Waals surface area contributed by atoms with Crippen molar-refractivity contribution in [1.29, 1.82) is 0 Å². The van der Waals surface area contributed by atoms with Gasteiger partial charge in [0, 0.05) is 47.9 Å². The van der Waals surface area contributed by atoms with E-state index in [2.05, 4.69) is 142 Å². The van der Waals surface area contributed by atoms with Gasteiger partial charge >= 0.3 is 0 Å². The average molecular weight is 661 g/mol. The Kier molecular flexibility index (Phi) is 6.99. The van der Waals surface area contributed by atoms with Crippen molar-refractivity contribution in [1.82, 2.24) is 0 Å². The fourth-order valence-corrected chi connectivity index (χ4v) is 11.4. The SMILES string of the molecule is CCCCc1cc2c3c4[n+](ccc3c1)C1(CC)CCC([n+]3ccc5ccccc5c3-c3ccccc3C)C1(CC)c1ccc(F)c(c1-4)C2(C)C. The smallest absolute Gasteiger partial charge is 0.207 e. The Morgan fingerprint density at radius 3 is 2.36 bits per heavy atom. The van der Waals surface area contributed by atoms with Gasteiger partial charge < -0.3 is 0 Å². The number of rotatable bonds is 7. The molecule has 252 valence electrons. The van der Waals surface area contributed by atoms with E-state index in [-0.39, 0.29) is 22.8 Å². The highest BCUT2D eigenvalue weighted by atomic mass is 19.1. The Morgan fingerprint density at radius 2 is 1.58 bits per heavy atom. The normalized spacial score (nSPS) is 22.7. The van der Waals surface area contributed by atoms with Gasteiger partial charge in [-0.15, -0.1) is 0 Å². The molecular formula is C47H49FN2+2. The first-order valence-electron chi connectivity index (χ1n) is 19.1. The summed E-state index contributed by atoms with van der Waals surface area (Å²) >= 11 is 0. The van der Waals surface area contributed by atoms with Crippen LogP contribution in [0, 0.1) is 12.7 Å². The molecule has 2 nitrogen and oxygen atoms in total. The Labute approximate surface area is 296 Å². The van der Waals surface area contributed by atoms with Gasteiger partial charge in [0.2, 0.25) is 11.4 Å². The molecule has 6 aromatic rings. The Hall–Kier alpha value is -4.37. The summed E-state index contributed by atoms with van der Waals surface area (Å²) in [5.41, 5.74) is 10.2. The highest BCUT2D eigenvalue weighted by Crippen LogP contribution is 2.65. The van der Waals surface area contributed by atoms with Crippen LogP contribution in [0.4, 0.5) is 4.39 Å². The second-order valence-electron chi connectivity index (χ2n) is 16.0. The zero-order valence-electron chi connectivity index (χ0n) is 30.5. The van der Waals surface area contributed by atoms with Crippen molar-refractivity contribution < 1.29 is 13.5 Å². The minimum absolute atomic E-state index is 0.0781. The number of benzene rings is 4. The summed E-state index contributed by atoms with van der Waals surface area (Å²) in [5, 5.41) is 5.17. The molecule has 3 atom stereocenters. The van der Waals surface area contributed by atoms with E-state index in [0.29, 0.717) is 0 Å². The monoisotopic (exact) mass is 660 g/mol. The molecule has 4 aromatic carbocycles. The van der Waals surface area contributed by atoms with Crippen LogP contribution in [0.15, 0.2) is 97.3 Å². The summed E-state index contributed by atoms with van der Waals surface area (Å²) < 4.78 is 22.1. The summed E-state index contributed by atoms with van der Waals surface area (Å²) in [4.78, 5) is 0. The summed E-state index contributed by atoms with van der Waals surface area (Å²) in [5.74, 6) is -0.0781. The van der Waals surface area contributed by atoms with Crippen LogP contribution in [0.1, 0.15) is 107 Å². The molecule has 3 aliphatic rings. The molecular weight excluding hydrogens is 612 g/mol. The maximum atomic E-state index is 16.7. The third-order valence-electron chi connectivity index (χ3n) is 13.6. The van der Waals surface area contributed by atoms with E-state index in [0.717, 1.165) is 56.1 Å². The van der Waals surface area contributed by atoms with Crippen molar-refractivity contribution in [3.63, 3.8) is 0 Å². The quantitative estimate of drug-likeness (QED) is 0.151. The van der Waals surface area contributed by atoms with E-state index in [1.54, 1.807) is 0 Å². The number of hydrogen-bond donors (Lipinski definition) is 0. The molecule has 0 N–H and O–H groups in total. The summed E-state index contributed by atoms with van der Waals surface area (Å²) in [6.45, 7) is 13.8. The molecule has 1 saturated carbocycles. The Bertz CT molecular complexity index is 2370. The predicted molar refractivity (Wildman–Crippen MR) is 203 cm³/mol. The molecule has 50 heavy (non-hydrogen) atoms. The molecule has 0 bridgehead atoms. The largest absolute Gasteiger partial charge is 0.221 e. The third-order valence-corrected chi connectivity index (χ3v) is 13.6. The summed E-state index contributed by atoms with van der Waals surface area (Å²) in [7, 11) is 0. The first-order chi connectivity index (χ1) is 24.2. The third kappa shape index (κ3) is 3.84. The molecule has 0 spiro atoms. The average Bonchev–Trinajstić information content (AvgIpc) is 3.48. The van der Waals surface area contributed by atoms with Crippen LogP contribution in [0.2, 0.25) is 0 Å². The molecule has 1 fully saturated rings. The van der Waals surface area contributed by atoms with Crippen molar-refractivity contribution >= 4 is 21.5 Å². The second kappa shape index (κ2) is 11.1. The number of halogens is 1. The number of pyridine rings is 2. The van der Waals surface area contributed by atoms with Crippen LogP contribution >= 0.6 is 0 Å². The molecule has 0 radical (unpaired) electrons. The van der Waals surface area contributed by atoms with Gasteiger partial charge in [0.1, 0.15) is 11.2 Å². The number of unbranched alkanes of at least 4 members (excludes halogenated alkanes) is 1. The number of hydrogen-bond acceptors (Lipinski definition) is 0. The number of nitrogens with zero attached hydrogens (tertiary/aromatic N) is 2. The van der Waals surface area contributed by atoms with Crippen molar-refractivity contribution in [2.75, 3.05) is 0 Å². The van der Waals surface area contributed by atoms with E-state index in [1.807, 2.05) is 6.07 Å². The fourth-order valence-electron chi connectivity index (χ4n) is 11.4. The molecule has 2 aliphatic carbocycles. The van der Waals surface area contributed by atoms with Gasteiger partial charge in [0.25, 0.3) is 0 Å². The standard InChI is InChI=1S/C47H49FN2/c1-7-10-16-31-28-33-24-27-50-44-40(33)37(29-31)45(5,6)42-38(48)21-20-36(41(42)44)47(9-3)39(22-25-46(47,50)8-2)49-26-23-32-17-12-14-19-35(32)43(49)34-18-13-11-15-30(34)4/h11-15,17-21,23-24,26-29,39H,7-10,16,22,25H2,1-6H3/q+2. The molecule has 3 unspecified atom stereocenters. The lowest BCUT2D eigenvalue weighted by molar-refractivity contribution is -0.782. The van der Waals surface area contributed by atoms with Crippen LogP contribution < -0.4 is 9.13 Å². The maximum absolute atomic E-state index is 16.7. The lowest BCUT2D eigenvalue weighted by Gasteiger charge is -2.49. The van der Waals surface area contributed by atoms with Crippen molar-refractivity contribution in [2.45, 2.75) is 109 Å². The maximum Gasteiger partial charge on any atom is 0.221 e. The van der Waals surface area contributed by atoms with E-state index in [9.17, 15) is 0 Å². The second-order valence-corrected chi connectivity index (χ2v) is 16.0. The lowest BCUT2D eigenvalue weighted by atomic mass is 9.55. The minimum Gasteiger partial charge on any atom is -0.207 e. The van der Waals surface area contributed by atoms with Crippen LogP contribution in [0.3, 0.4) is 0 Å². The van der Waals surface area contributed by atoms with Gasteiger partial charge in [-0.1, -0.05) is 95.6 Å². The zero-order valence-corrected chi connectivity index (χ0v) is 30.5. The van der Waals surface area contributed by atoms with Crippen molar-refractivity contribution in [3.8, 4) is 22.5 Å². The van der Waals surface area contributed by atoms with Gasteiger partial charge in [-0.25, -0.2) is 4.39 Å². The highest BCUT2D eigenvalue weighted by molar-refractivity contribution is 6.02. The molecule has 0 amide bonds. The predicted octanol–water partition coefficient (Wildman–Crippen LogP) is 11.1.